The molecule has 0 spiro atoms. The number of hydrogen-bond donors (Lipinski definition) is 2. The van der Waals surface area contributed by atoms with Gasteiger partial charge in [0.1, 0.15) is 12.4 Å². The molecule has 8 heteroatoms. The number of anilines is 1. The lowest BCUT2D eigenvalue weighted by Gasteiger charge is -2.11. The fourth-order valence-electron chi connectivity index (χ4n) is 2.08. The van der Waals surface area contributed by atoms with E-state index in [1.165, 1.54) is 0 Å². The van der Waals surface area contributed by atoms with Crippen molar-refractivity contribution in [3.05, 3.63) is 46.4 Å². The van der Waals surface area contributed by atoms with E-state index in [4.69, 9.17) is 37.4 Å². The van der Waals surface area contributed by atoms with Crippen LogP contribution in [-0.2, 0) is 0 Å². The van der Waals surface area contributed by atoms with Crippen molar-refractivity contribution in [3.63, 3.8) is 0 Å². The fourth-order valence-corrected chi connectivity index (χ4v) is 2.57. The zero-order valence-electron chi connectivity index (χ0n) is 12.5. The first-order valence-electron chi connectivity index (χ1n) is 7.15. The smallest absolute Gasteiger partial charge is 0.319 e. The molecule has 2 aromatic carbocycles. The molecule has 0 aromatic heterocycles. The molecule has 0 saturated heterocycles. The van der Waals surface area contributed by atoms with Gasteiger partial charge in [-0.25, -0.2) is 4.79 Å². The lowest BCUT2D eigenvalue weighted by atomic mass is 10.3. The fraction of sp³-hybridized carbons (Fsp3) is 0.188. The van der Waals surface area contributed by atoms with E-state index in [9.17, 15) is 4.79 Å². The summed E-state index contributed by atoms with van der Waals surface area (Å²) in [4.78, 5) is 11.8. The van der Waals surface area contributed by atoms with Gasteiger partial charge in [0, 0.05) is 6.07 Å². The minimum Gasteiger partial charge on any atom is -0.492 e. The molecule has 0 saturated carbocycles. The predicted molar refractivity (Wildman–Crippen MR) is 91.5 cm³/mol. The first kappa shape index (κ1) is 16.5. The van der Waals surface area contributed by atoms with Gasteiger partial charge in [-0.2, -0.15) is 0 Å². The van der Waals surface area contributed by atoms with Crippen molar-refractivity contribution in [2.45, 2.75) is 0 Å². The summed E-state index contributed by atoms with van der Waals surface area (Å²) in [5, 5.41) is 6.00. The molecule has 0 atom stereocenters. The average molecular weight is 369 g/mol. The number of urea groups is 1. The van der Waals surface area contributed by atoms with Crippen molar-refractivity contribution < 1.29 is 19.0 Å². The van der Waals surface area contributed by atoms with Crippen molar-refractivity contribution in [3.8, 4) is 17.2 Å². The number of rotatable bonds is 5. The monoisotopic (exact) mass is 368 g/mol. The highest BCUT2D eigenvalue weighted by Gasteiger charge is 2.13. The molecule has 0 unspecified atom stereocenters. The summed E-state index contributed by atoms with van der Waals surface area (Å²) in [6.07, 6.45) is 0. The van der Waals surface area contributed by atoms with Crippen LogP contribution >= 0.6 is 23.2 Å². The van der Waals surface area contributed by atoms with Crippen LogP contribution in [0.4, 0.5) is 10.5 Å². The average Bonchev–Trinajstić information content (AvgIpc) is 3.03. The Hall–Kier alpha value is -2.31. The van der Waals surface area contributed by atoms with E-state index >= 15 is 0 Å². The van der Waals surface area contributed by atoms with Crippen LogP contribution in [0.1, 0.15) is 0 Å². The third-order valence-corrected chi connectivity index (χ3v) is 3.83. The van der Waals surface area contributed by atoms with Crippen molar-refractivity contribution in [2.24, 2.45) is 0 Å². The van der Waals surface area contributed by atoms with Gasteiger partial charge in [0.05, 0.1) is 22.3 Å². The maximum Gasteiger partial charge on any atom is 0.319 e. The largest absolute Gasteiger partial charge is 0.492 e. The molecule has 24 heavy (non-hydrogen) atoms. The van der Waals surface area contributed by atoms with Crippen LogP contribution in [-0.4, -0.2) is 26.0 Å². The highest BCUT2D eigenvalue weighted by atomic mass is 35.5. The van der Waals surface area contributed by atoms with E-state index in [0.717, 1.165) is 0 Å². The minimum absolute atomic E-state index is 0.213. The quantitative estimate of drug-likeness (QED) is 0.784. The standard InChI is InChI=1S/C16H14Cl2N2O4/c17-11-2-1-3-12(18)15(11)20-16(21)19-6-7-22-10-4-5-13-14(8-10)24-9-23-13/h1-5,8H,6-7,9H2,(H2,19,20,21). The maximum atomic E-state index is 11.8. The molecule has 1 aliphatic heterocycles. The normalized spacial score (nSPS) is 11.9. The first-order chi connectivity index (χ1) is 11.6. The van der Waals surface area contributed by atoms with Crippen LogP contribution in [0.25, 0.3) is 0 Å². The lowest BCUT2D eigenvalue weighted by molar-refractivity contribution is 0.173. The van der Waals surface area contributed by atoms with Crippen molar-refractivity contribution >= 4 is 34.9 Å². The molecule has 2 amide bonds. The van der Waals surface area contributed by atoms with Gasteiger partial charge in [0.25, 0.3) is 0 Å². The molecular formula is C16H14Cl2N2O4. The number of amides is 2. The summed E-state index contributed by atoms with van der Waals surface area (Å²) in [5.74, 6) is 1.97. The summed E-state index contributed by atoms with van der Waals surface area (Å²) < 4.78 is 16.0. The molecule has 2 N–H and O–H groups in total. The molecule has 0 radical (unpaired) electrons. The number of nitrogens with one attached hydrogen (secondary N) is 2. The topological polar surface area (TPSA) is 68.8 Å². The second-order valence-corrected chi connectivity index (χ2v) is 5.66. The molecule has 1 aliphatic rings. The lowest BCUT2D eigenvalue weighted by Crippen LogP contribution is -2.32. The van der Waals surface area contributed by atoms with Crippen LogP contribution in [0, 0.1) is 0 Å². The van der Waals surface area contributed by atoms with Crippen molar-refractivity contribution in [1.29, 1.82) is 0 Å². The Bertz CT molecular complexity index is 735. The van der Waals surface area contributed by atoms with E-state index in [1.54, 1.807) is 36.4 Å². The van der Waals surface area contributed by atoms with E-state index < -0.39 is 6.03 Å². The van der Waals surface area contributed by atoms with Crippen LogP contribution in [0.2, 0.25) is 10.0 Å². The molecule has 3 rings (SSSR count). The van der Waals surface area contributed by atoms with Gasteiger partial charge >= 0.3 is 6.03 Å². The van der Waals surface area contributed by atoms with E-state index in [1.807, 2.05) is 0 Å². The zero-order valence-corrected chi connectivity index (χ0v) is 14.0. The summed E-state index contributed by atoms with van der Waals surface area (Å²) in [7, 11) is 0. The van der Waals surface area contributed by atoms with E-state index in [-0.39, 0.29) is 6.79 Å². The van der Waals surface area contributed by atoms with Gasteiger partial charge in [-0.3, -0.25) is 0 Å². The number of hydrogen-bond acceptors (Lipinski definition) is 4. The van der Waals surface area contributed by atoms with Gasteiger partial charge in [-0.05, 0) is 24.3 Å². The zero-order chi connectivity index (χ0) is 16.9. The number of benzene rings is 2. The number of carbonyl (C=O) groups excluding carboxylic acids is 1. The van der Waals surface area contributed by atoms with E-state index in [0.29, 0.717) is 46.1 Å². The Labute approximate surface area is 148 Å². The van der Waals surface area contributed by atoms with Gasteiger partial charge < -0.3 is 24.8 Å². The molecule has 1 heterocycles. The molecule has 6 nitrogen and oxygen atoms in total. The van der Waals surface area contributed by atoms with Gasteiger partial charge in [0.2, 0.25) is 6.79 Å². The van der Waals surface area contributed by atoms with Crippen molar-refractivity contribution in [2.75, 3.05) is 25.3 Å². The third-order valence-electron chi connectivity index (χ3n) is 3.20. The van der Waals surface area contributed by atoms with Gasteiger partial charge in [-0.15, -0.1) is 0 Å². The van der Waals surface area contributed by atoms with Crippen molar-refractivity contribution in [1.82, 2.24) is 5.32 Å². The number of ether oxygens (including phenoxy) is 3. The third kappa shape index (κ3) is 3.96. The van der Waals surface area contributed by atoms with Gasteiger partial charge in [0.15, 0.2) is 11.5 Å². The summed E-state index contributed by atoms with van der Waals surface area (Å²) in [6, 6.07) is 9.87. The molecule has 0 fully saturated rings. The summed E-state index contributed by atoms with van der Waals surface area (Å²) in [5.41, 5.74) is 0.370. The molecule has 0 aliphatic carbocycles. The maximum absolute atomic E-state index is 11.8. The highest BCUT2D eigenvalue weighted by molar-refractivity contribution is 6.39. The minimum atomic E-state index is -0.417. The molecule has 126 valence electrons. The number of para-hydroxylation sites is 1. The SMILES string of the molecule is O=C(NCCOc1ccc2c(c1)OCO2)Nc1c(Cl)cccc1Cl. The van der Waals surface area contributed by atoms with Gasteiger partial charge in [-0.1, -0.05) is 29.3 Å². The summed E-state index contributed by atoms with van der Waals surface area (Å²) >= 11 is 12.0. The molecule has 0 bridgehead atoms. The Kier molecular flexibility index (Phi) is 5.17. The highest BCUT2D eigenvalue weighted by Crippen LogP contribution is 2.35. The van der Waals surface area contributed by atoms with E-state index in [2.05, 4.69) is 10.6 Å². The molecular weight excluding hydrogens is 355 g/mol. The Morgan fingerprint density at radius 2 is 1.88 bits per heavy atom. The second-order valence-electron chi connectivity index (χ2n) is 4.84. The Balaban J connectivity index is 1.44. The Morgan fingerprint density at radius 3 is 2.67 bits per heavy atom. The first-order valence-corrected chi connectivity index (χ1v) is 7.90. The Morgan fingerprint density at radius 1 is 1.12 bits per heavy atom. The van der Waals surface area contributed by atoms with Crippen LogP contribution in [0.5, 0.6) is 17.2 Å². The number of halogens is 2. The van der Waals surface area contributed by atoms with Crippen LogP contribution in [0.15, 0.2) is 36.4 Å². The number of carbonyl (C=O) groups is 1. The predicted octanol–water partition coefficient (Wildman–Crippen LogP) is 3.92. The second kappa shape index (κ2) is 7.51. The summed E-state index contributed by atoms with van der Waals surface area (Å²) in [6.45, 7) is 0.816. The molecule has 2 aromatic rings. The number of fused-ring (bicyclic) bond motifs is 1. The van der Waals surface area contributed by atoms with Crippen LogP contribution < -0.4 is 24.8 Å². The van der Waals surface area contributed by atoms with Crippen LogP contribution in [0.3, 0.4) is 0 Å².